The number of nitrogens with zero attached hydrogens (tertiary/aromatic N) is 3. The summed E-state index contributed by atoms with van der Waals surface area (Å²) >= 11 is 6.62. The number of piperidine rings is 1. The molecule has 0 unspecified atom stereocenters. The number of aryl methyl sites for hydroxylation is 2. The smallest absolute Gasteiger partial charge is 0.304 e. The van der Waals surface area contributed by atoms with Crippen LogP contribution in [0.2, 0.25) is 5.02 Å². The number of pyridine rings is 1. The Morgan fingerprint density at radius 3 is 2.98 bits per heavy atom. The van der Waals surface area contributed by atoms with Gasteiger partial charge >= 0.3 is 5.97 Å². The first kappa shape index (κ1) is 30.1. The highest BCUT2D eigenvalue weighted by Gasteiger charge is 2.29. The average molecular weight is 585 g/mol. The number of carboxylic acids is 1. The van der Waals surface area contributed by atoms with Gasteiger partial charge in [-0.3, -0.25) is 4.79 Å². The highest BCUT2D eigenvalue weighted by Crippen LogP contribution is 2.34. The van der Waals surface area contributed by atoms with Gasteiger partial charge in [0.2, 0.25) is 0 Å². The van der Waals surface area contributed by atoms with Crippen molar-refractivity contribution in [3.8, 4) is 0 Å². The van der Waals surface area contributed by atoms with Crippen molar-refractivity contribution >= 4 is 29.1 Å². The largest absolute Gasteiger partial charge is 0.481 e. The Morgan fingerprint density at radius 2 is 2.15 bits per heavy atom. The quantitative estimate of drug-likeness (QED) is 0.364. The van der Waals surface area contributed by atoms with Crippen molar-refractivity contribution in [2.75, 3.05) is 62.7 Å². The summed E-state index contributed by atoms with van der Waals surface area (Å²) < 4.78 is 12.3. The molecule has 41 heavy (non-hydrogen) atoms. The maximum absolute atomic E-state index is 11.8. The molecular weight excluding hydrogens is 540 g/mol. The summed E-state index contributed by atoms with van der Waals surface area (Å²) in [5.41, 5.74) is 4.11. The van der Waals surface area contributed by atoms with Crippen molar-refractivity contribution in [1.82, 2.24) is 9.88 Å². The van der Waals surface area contributed by atoms with Crippen molar-refractivity contribution in [2.45, 2.75) is 76.4 Å². The van der Waals surface area contributed by atoms with Crippen LogP contribution in [0, 0.1) is 0 Å². The topological polar surface area (TPSA) is 87.2 Å². The number of benzene rings is 1. The Balaban J connectivity index is 1.15. The molecule has 1 aromatic carbocycles. The molecule has 3 aliphatic rings. The molecule has 8 nitrogen and oxygen atoms in total. The van der Waals surface area contributed by atoms with Gasteiger partial charge in [0.1, 0.15) is 5.82 Å². The number of likely N-dealkylation sites (tertiary alicyclic amines) is 1. The van der Waals surface area contributed by atoms with Crippen LogP contribution in [-0.2, 0) is 27.1 Å². The van der Waals surface area contributed by atoms with Crippen molar-refractivity contribution < 1.29 is 19.4 Å². The zero-order valence-electron chi connectivity index (χ0n) is 24.5. The maximum Gasteiger partial charge on any atom is 0.304 e. The summed E-state index contributed by atoms with van der Waals surface area (Å²) in [6.45, 7) is 10.6. The molecule has 0 bridgehead atoms. The summed E-state index contributed by atoms with van der Waals surface area (Å²) in [6.07, 6.45) is 6.55. The minimum atomic E-state index is -0.820. The lowest BCUT2D eigenvalue weighted by atomic mass is 9.95. The van der Waals surface area contributed by atoms with E-state index in [1.807, 2.05) is 12.1 Å². The molecule has 2 fully saturated rings. The summed E-state index contributed by atoms with van der Waals surface area (Å²) in [6, 6.07) is 10.3. The molecule has 0 amide bonds. The Labute approximate surface area is 249 Å². The van der Waals surface area contributed by atoms with Gasteiger partial charge in [0.15, 0.2) is 0 Å². The average Bonchev–Trinajstić information content (AvgIpc) is 2.95. The molecule has 1 aromatic heterocycles. The fraction of sp³-hybridized carbons (Fsp3) is 0.625. The molecule has 0 aliphatic carbocycles. The molecule has 224 valence electrons. The zero-order valence-corrected chi connectivity index (χ0v) is 25.3. The standard InChI is InChI=1S/C32H45ClN4O4/c1-32(2)22-37(16-17-41-32)29-18-24(10-12-28(29)33)25(19-30(38)39)21-40-27-8-5-15-36(20-27)14-4-7-26-11-9-23-6-3-13-34-31(23)35-26/h9-12,18,25,27H,3-8,13-17,19-22H2,1-2H3,(H,34,35)(H,38,39)/t25-,27-/m1/s1. The molecule has 9 heteroatoms. The molecule has 3 aliphatic heterocycles. The first-order chi connectivity index (χ1) is 19.8. The van der Waals surface area contributed by atoms with Crippen LogP contribution >= 0.6 is 11.6 Å². The van der Waals surface area contributed by atoms with Crippen LogP contribution in [0.25, 0.3) is 0 Å². The lowest BCUT2D eigenvalue weighted by molar-refractivity contribution is -0.138. The molecule has 2 saturated heterocycles. The van der Waals surface area contributed by atoms with E-state index < -0.39 is 5.97 Å². The summed E-state index contributed by atoms with van der Waals surface area (Å²) in [4.78, 5) is 21.4. The number of ether oxygens (including phenoxy) is 2. The van der Waals surface area contributed by atoms with E-state index in [1.165, 1.54) is 12.0 Å². The van der Waals surface area contributed by atoms with Gasteiger partial charge in [0.05, 0.1) is 42.0 Å². The van der Waals surface area contributed by atoms with Gasteiger partial charge in [-0.05, 0) is 94.8 Å². The van der Waals surface area contributed by atoms with E-state index in [9.17, 15) is 9.90 Å². The number of halogens is 1. The van der Waals surface area contributed by atoms with Gasteiger partial charge in [-0.15, -0.1) is 0 Å². The fourth-order valence-electron chi connectivity index (χ4n) is 6.33. The highest BCUT2D eigenvalue weighted by atomic mass is 35.5. The number of carboxylic acid groups (broad SMARTS) is 1. The van der Waals surface area contributed by atoms with Crippen molar-refractivity contribution in [1.29, 1.82) is 0 Å². The SMILES string of the molecule is CC1(C)CN(c2cc([C@@H](CO[C@@H]3CCCN(CCCc4ccc5c(n4)NCCC5)C3)CC(=O)O)ccc2Cl)CCO1. The van der Waals surface area contributed by atoms with Crippen molar-refractivity contribution in [3.05, 3.63) is 52.2 Å². The van der Waals surface area contributed by atoms with Gasteiger partial charge in [0, 0.05) is 37.8 Å². The van der Waals surface area contributed by atoms with Crippen LogP contribution in [0.3, 0.4) is 0 Å². The first-order valence-corrected chi connectivity index (χ1v) is 15.6. The van der Waals surface area contributed by atoms with E-state index >= 15 is 0 Å². The maximum atomic E-state index is 11.8. The second-order valence-electron chi connectivity index (χ2n) is 12.4. The molecule has 4 heterocycles. The summed E-state index contributed by atoms with van der Waals surface area (Å²) in [7, 11) is 0. The highest BCUT2D eigenvalue weighted by molar-refractivity contribution is 6.33. The number of nitrogens with one attached hydrogen (secondary N) is 1. The normalized spacial score (nSPS) is 21.6. The lowest BCUT2D eigenvalue weighted by Gasteiger charge is -2.40. The van der Waals surface area contributed by atoms with Gasteiger partial charge in [-0.25, -0.2) is 4.98 Å². The number of morpholine rings is 1. The minimum Gasteiger partial charge on any atom is -0.481 e. The molecule has 0 spiro atoms. The predicted molar refractivity (Wildman–Crippen MR) is 163 cm³/mol. The van der Waals surface area contributed by atoms with E-state index in [4.69, 9.17) is 26.1 Å². The van der Waals surface area contributed by atoms with Crippen LogP contribution in [0.15, 0.2) is 30.3 Å². The number of rotatable bonds is 11. The molecule has 2 N–H and O–H groups in total. The second-order valence-corrected chi connectivity index (χ2v) is 12.8. The monoisotopic (exact) mass is 584 g/mol. The van der Waals surface area contributed by atoms with E-state index in [-0.39, 0.29) is 24.0 Å². The van der Waals surface area contributed by atoms with Crippen LogP contribution in [0.1, 0.15) is 68.7 Å². The zero-order chi connectivity index (χ0) is 28.8. The number of anilines is 2. The number of hydrogen-bond donors (Lipinski definition) is 2. The number of aliphatic carboxylic acids is 1. The third-order valence-electron chi connectivity index (χ3n) is 8.48. The molecular formula is C32H45ClN4O4. The minimum absolute atomic E-state index is 0.0226. The second kappa shape index (κ2) is 13.7. The molecule has 2 aromatic rings. The predicted octanol–water partition coefficient (Wildman–Crippen LogP) is 5.38. The third-order valence-corrected chi connectivity index (χ3v) is 8.80. The number of hydrogen-bond acceptors (Lipinski definition) is 7. The molecule has 0 saturated carbocycles. The lowest BCUT2D eigenvalue weighted by Crippen LogP contribution is -2.48. The molecule has 0 radical (unpaired) electrons. The van der Waals surface area contributed by atoms with Crippen LogP contribution in [0.4, 0.5) is 11.5 Å². The Hall–Kier alpha value is -2.39. The summed E-state index contributed by atoms with van der Waals surface area (Å²) in [5.74, 6) is 0.00759. The van der Waals surface area contributed by atoms with Gasteiger partial charge in [-0.2, -0.15) is 0 Å². The van der Waals surface area contributed by atoms with Crippen LogP contribution in [-0.4, -0.2) is 85.1 Å². The molecule has 5 rings (SSSR count). The Morgan fingerprint density at radius 1 is 1.27 bits per heavy atom. The van der Waals surface area contributed by atoms with Crippen molar-refractivity contribution in [2.24, 2.45) is 0 Å². The number of carbonyl (C=O) groups is 1. The summed E-state index contributed by atoms with van der Waals surface area (Å²) in [5, 5.41) is 13.8. The Bertz CT molecular complexity index is 1190. The van der Waals surface area contributed by atoms with E-state index in [2.05, 4.69) is 47.2 Å². The van der Waals surface area contributed by atoms with Gasteiger partial charge in [-0.1, -0.05) is 23.7 Å². The van der Waals surface area contributed by atoms with Gasteiger partial charge in [0.25, 0.3) is 0 Å². The van der Waals surface area contributed by atoms with Gasteiger partial charge < -0.3 is 29.7 Å². The van der Waals surface area contributed by atoms with Crippen molar-refractivity contribution in [3.63, 3.8) is 0 Å². The van der Waals surface area contributed by atoms with E-state index in [0.29, 0.717) is 18.2 Å². The first-order valence-electron chi connectivity index (χ1n) is 15.2. The van der Waals surface area contributed by atoms with Crippen LogP contribution in [0.5, 0.6) is 0 Å². The van der Waals surface area contributed by atoms with Crippen LogP contribution < -0.4 is 10.2 Å². The Kier molecular flexibility index (Phi) is 10.1. The van der Waals surface area contributed by atoms with E-state index in [1.54, 1.807) is 0 Å². The number of fused-ring (bicyclic) bond motifs is 1. The number of aromatic nitrogens is 1. The fourth-order valence-corrected chi connectivity index (χ4v) is 6.57. The van der Waals surface area contributed by atoms with E-state index in [0.717, 1.165) is 94.1 Å². The third kappa shape index (κ3) is 8.34. The molecule has 2 atom stereocenters.